The molecule has 106 valence electrons. The van der Waals surface area contributed by atoms with Gasteiger partial charge in [-0.2, -0.15) is 5.10 Å². The van der Waals surface area contributed by atoms with Crippen molar-refractivity contribution in [2.24, 2.45) is 0 Å². The highest BCUT2D eigenvalue weighted by molar-refractivity contribution is 7.92. The molecule has 0 saturated carbocycles. The largest absolute Gasteiger partial charge is 0.478 e. The number of rotatable bonds is 4. The minimum Gasteiger partial charge on any atom is -0.478 e. The van der Waals surface area contributed by atoms with E-state index in [9.17, 15) is 17.6 Å². The van der Waals surface area contributed by atoms with E-state index in [4.69, 9.17) is 16.7 Å². The van der Waals surface area contributed by atoms with Gasteiger partial charge in [0.25, 0.3) is 10.0 Å². The van der Waals surface area contributed by atoms with Gasteiger partial charge in [-0.25, -0.2) is 17.6 Å². The lowest BCUT2D eigenvalue weighted by Crippen LogP contribution is -2.17. The van der Waals surface area contributed by atoms with Crippen molar-refractivity contribution in [3.63, 3.8) is 0 Å². The summed E-state index contributed by atoms with van der Waals surface area (Å²) in [6.07, 6.45) is 1.29. The third kappa shape index (κ3) is 2.73. The molecule has 0 unspecified atom stereocenters. The average Bonchev–Trinajstić information content (AvgIpc) is 2.83. The van der Waals surface area contributed by atoms with E-state index in [1.165, 1.54) is 12.3 Å². The SMILES string of the molecule is O=C(O)c1cc(Cl)cc(S(=O)(=O)Nc2ccn[nH]2)c1F. The minimum atomic E-state index is -4.34. The van der Waals surface area contributed by atoms with Crippen molar-refractivity contribution in [2.75, 3.05) is 4.72 Å². The summed E-state index contributed by atoms with van der Waals surface area (Å²) in [5.41, 5.74) is -0.831. The number of H-pyrrole nitrogens is 1. The van der Waals surface area contributed by atoms with Crippen molar-refractivity contribution in [1.82, 2.24) is 10.2 Å². The highest BCUT2D eigenvalue weighted by atomic mass is 35.5. The maximum Gasteiger partial charge on any atom is 0.338 e. The number of hydrogen-bond acceptors (Lipinski definition) is 4. The molecule has 0 fully saturated rings. The lowest BCUT2D eigenvalue weighted by atomic mass is 10.2. The topological polar surface area (TPSA) is 112 Å². The number of aromatic carboxylic acids is 1. The second-order valence-corrected chi connectivity index (χ2v) is 5.73. The minimum absolute atomic E-state index is 0.00116. The molecule has 0 saturated heterocycles. The quantitative estimate of drug-likeness (QED) is 0.794. The van der Waals surface area contributed by atoms with Crippen LogP contribution >= 0.6 is 11.6 Å². The zero-order valence-electron chi connectivity index (χ0n) is 9.59. The van der Waals surface area contributed by atoms with E-state index in [0.29, 0.717) is 0 Å². The van der Waals surface area contributed by atoms with E-state index < -0.39 is 32.3 Å². The summed E-state index contributed by atoms with van der Waals surface area (Å²) >= 11 is 5.61. The van der Waals surface area contributed by atoms with Crippen LogP contribution in [0.25, 0.3) is 0 Å². The van der Waals surface area contributed by atoms with Gasteiger partial charge < -0.3 is 5.11 Å². The number of carbonyl (C=O) groups is 1. The number of sulfonamides is 1. The number of anilines is 1. The first kappa shape index (κ1) is 14.3. The molecule has 0 aliphatic carbocycles. The van der Waals surface area contributed by atoms with Crippen LogP contribution in [0.4, 0.5) is 10.2 Å². The monoisotopic (exact) mass is 319 g/mol. The molecule has 1 heterocycles. The molecule has 3 N–H and O–H groups in total. The first-order valence-corrected chi connectivity index (χ1v) is 6.92. The normalized spacial score (nSPS) is 11.3. The fraction of sp³-hybridized carbons (Fsp3) is 0. The number of benzene rings is 1. The molecule has 0 aliphatic heterocycles. The molecule has 0 spiro atoms. The lowest BCUT2D eigenvalue weighted by molar-refractivity contribution is 0.0691. The maximum absolute atomic E-state index is 13.9. The standard InChI is InChI=1S/C10H7ClFN3O4S/c11-5-3-6(10(16)17)9(12)7(4-5)20(18,19)15-8-1-2-13-14-8/h1-4H,(H,16,17)(H2,13,14,15). The molecule has 0 atom stereocenters. The van der Waals surface area contributed by atoms with Crippen molar-refractivity contribution in [2.45, 2.75) is 4.90 Å². The van der Waals surface area contributed by atoms with Crippen LogP contribution in [0.1, 0.15) is 10.4 Å². The van der Waals surface area contributed by atoms with Gasteiger partial charge in [-0.1, -0.05) is 11.6 Å². The van der Waals surface area contributed by atoms with Gasteiger partial charge in [0.15, 0.2) is 5.82 Å². The molecule has 0 radical (unpaired) electrons. The molecule has 1 aromatic heterocycles. The Bertz CT molecular complexity index is 761. The Labute approximate surface area is 117 Å². The Morgan fingerprint density at radius 3 is 2.70 bits per heavy atom. The number of carboxylic acid groups (broad SMARTS) is 1. The number of nitrogens with one attached hydrogen (secondary N) is 2. The van der Waals surface area contributed by atoms with E-state index >= 15 is 0 Å². The van der Waals surface area contributed by atoms with Crippen LogP contribution in [-0.2, 0) is 10.0 Å². The average molecular weight is 320 g/mol. The molecule has 20 heavy (non-hydrogen) atoms. The van der Waals surface area contributed by atoms with Gasteiger partial charge in [-0.15, -0.1) is 0 Å². The molecular formula is C10H7ClFN3O4S. The summed E-state index contributed by atoms with van der Waals surface area (Å²) < 4.78 is 39.9. The number of nitrogens with zero attached hydrogens (tertiary/aromatic N) is 1. The van der Waals surface area contributed by atoms with Crippen LogP contribution in [0.3, 0.4) is 0 Å². The van der Waals surface area contributed by atoms with Crippen molar-refractivity contribution in [1.29, 1.82) is 0 Å². The first-order chi connectivity index (χ1) is 9.31. The third-order valence-electron chi connectivity index (χ3n) is 2.27. The van der Waals surface area contributed by atoms with E-state index in [0.717, 1.165) is 12.1 Å². The summed E-state index contributed by atoms with van der Waals surface area (Å²) in [4.78, 5) is 9.98. The molecular weight excluding hydrogens is 313 g/mol. The molecule has 7 nitrogen and oxygen atoms in total. The Hall–Kier alpha value is -2.13. The fourth-order valence-corrected chi connectivity index (χ4v) is 2.85. The maximum atomic E-state index is 13.9. The van der Waals surface area contributed by atoms with Crippen LogP contribution in [0.5, 0.6) is 0 Å². The van der Waals surface area contributed by atoms with Crippen LogP contribution in [-0.4, -0.2) is 29.7 Å². The van der Waals surface area contributed by atoms with E-state index in [1.807, 2.05) is 4.72 Å². The van der Waals surface area contributed by atoms with Crippen LogP contribution < -0.4 is 4.72 Å². The Balaban J connectivity index is 2.54. The summed E-state index contributed by atoms with van der Waals surface area (Å²) in [6, 6.07) is 2.95. The van der Waals surface area contributed by atoms with Gasteiger partial charge in [0.05, 0.1) is 11.8 Å². The van der Waals surface area contributed by atoms with E-state index in [1.54, 1.807) is 0 Å². The van der Waals surface area contributed by atoms with Crippen LogP contribution in [0.15, 0.2) is 29.3 Å². The number of aromatic amines is 1. The Morgan fingerprint density at radius 1 is 1.45 bits per heavy atom. The number of hydrogen-bond donors (Lipinski definition) is 3. The first-order valence-electron chi connectivity index (χ1n) is 5.06. The Morgan fingerprint density at radius 2 is 2.15 bits per heavy atom. The van der Waals surface area contributed by atoms with Gasteiger partial charge >= 0.3 is 5.97 Å². The van der Waals surface area contributed by atoms with Crippen molar-refractivity contribution in [3.05, 3.63) is 40.8 Å². The smallest absolute Gasteiger partial charge is 0.338 e. The van der Waals surface area contributed by atoms with Crippen molar-refractivity contribution >= 4 is 33.4 Å². The van der Waals surface area contributed by atoms with Crippen molar-refractivity contribution < 1.29 is 22.7 Å². The number of halogens is 2. The van der Waals surface area contributed by atoms with Gasteiger partial charge in [-0.3, -0.25) is 9.82 Å². The zero-order chi connectivity index (χ0) is 14.9. The van der Waals surface area contributed by atoms with Gasteiger partial charge in [0.1, 0.15) is 10.7 Å². The summed E-state index contributed by atoms with van der Waals surface area (Å²) in [6.45, 7) is 0. The van der Waals surface area contributed by atoms with E-state index in [2.05, 4.69) is 10.2 Å². The molecule has 0 bridgehead atoms. The third-order valence-corrected chi connectivity index (χ3v) is 3.85. The molecule has 1 aromatic carbocycles. The molecule has 0 amide bonds. The second-order valence-electron chi connectivity index (χ2n) is 3.65. The molecule has 0 aliphatic rings. The molecule has 10 heteroatoms. The van der Waals surface area contributed by atoms with Gasteiger partial charge in [-0.05, 0) is 12.1 Å². The van der Waals surface area contributed by atoms with Gasteiger partial charge in [0, 0.05) is 11.1 Å². The summed E-state index contributed by atoms with van der Waals surface area (Å²) in [5.74, 6) is -3.02. The molecule has 2 rings (SSSR count). The summed E-state index contributed by atoms with van der Waals surface area (Å²) in [5, 5.41) is 14.4. The fourth-order valence-electron chi connectivity index (χ4n) is 1.43. The van der Waals surface area contributed by atoms with Crippen LogP contribution in [0.2, 0.25) is 5.02 Å². The van der Waals surface area contributed by atoms with Crippen molar-refractivity contribution in [3.8, 4) is 0 Å². The highest BCUT2D eigenvalue weighted by Gasteiger charge is 2.25. The molecule has 2 aromatic rings. The lowest BCUT2D eigenvalue weighted by Gasteiger charge is -2.09. The van der Waals surface area contributed by atoms with Crippen LogP contribution in [0, 0.1) is 5.82 Å². The number of carboxylic acids is 1. The predicted octanol–water partition coefficient (Wildman–Crippen LogP) is 1.70. The predicted molar refractivity (Wildman–Crippen MR) is 67.8 cm³/mol. The zero-order valence-corrected chi connectivity index (χ0v) is 11.2. The number of aromatic nitrogens is 2. The second kappa shape index (κ2) is 5.10. The highest BCUT2D eigenvalue weighted by Crippen LogP contribution is 2.25. The summed E-state index contributed by atoms with van der Waals surface area (Å²) in [7, 11) is -4.34. The van der Waals surface area contributed by atoms with E-state index in [-0.39, 0.29) is 10.8 Å². The van der Waals surface area contributed by atoms with Gasteiger partial charge in [0.2, 0.25) is 0 Å². The Kier molecular flexibility index (Phi) is 3.64.